The zero-order chi connectivity index (χ0) is 25.8. The van der Waals surface area contributed by atoms with Gasteiger partial charge in [0.25, 0.3) is 11.8 Å². The SMILES string of the molecule is CC(NC(=O)c1ccc2c(c1)/C(=C/Nc1ccc(CN3CCCCC3)cc1)C(=O)N2)c1cccc(Cl)c1. The van der Waals surface area contributed by atoms with Gasteiger partial charge in [0.2, 0.25) is 0 Å². The first kappa shape index (κ1) is 25.1. The number of anilines is 2. The molecule has 2 aliphatic rings. The summed E-state index contributed by atoms with van der Waals surface area (Å²) in [5.74, 6) is -0.416. The summed E-state index contributed by atoms with van der Waals surface area (Å²) < 4.78 is 0. The Morgan fingerprint density at radius 1 is 1.05 bits per heavy atom. The fraction of sp³-hybridized carbons (Fsp3) is 0.267. The number of benzene rings is 3. The van der Waals surface area contributed by atoms with E-state index in [0.717, 1.165) is 17.8 Å². The molecule has 0 spiro atoms. The van der Waals surface area contributed by atoms with Crippen molar-refractivity contribution in [2.45, 2.75) is 38.8 Å². The van der Waals surface area contributed by atoms with Crippen molar-refractivity contribution in [1.82, 2.24) is 10.2 Å². The molecule has 0 aliphatic carbocycles. The molecule has 2 amide bonds. The van der Waals surface area contributed by atoms with Gasteiger partial charge in [-0.2, -0.15) is 0 Å². The van der Waals surface area contributed by atoms with Crippen LogP contribution >= 0.6 is 11.6 Å². The van der Waals surface area contributed by atoms with E-state index in [-0.39, 0.29) is 17.9 Å². The van der Waals surface area contributed by atoms with Gasteiger partial charge in [-0.05, 0) is 86.4 Å². The Labute approximate surface area is 222 Å². The summed E-state index contributed by atoms with van der Waals surface area (Å²) in [5, 5.41) is 9.76. The van der Waals surface area contributed by atoms with E-state index in [9.17, 15) is 9.59 Å². The van der Waals surface area contributed by atoms with Crippen molar-refractivity contribution in [3.05, 3.63) is 100 Å². The molecule has 2 aliphatic heterocycles. The lowest BCUT2D eigenvalue weighted by atomic mass is 10.0. The summed E-state index contributed by atoms with van der Waals surface area (Å²) in [4.78, 5) is 28.1. The Bertz CT molecular complexity index is 1330. The van der Waals surface area contributed by atoms with Crippen LogP contribution in [0.1, 0.15) is 59.3 Å². The molecule has 0 radical (unpaired) electrons. The van der Waals surface area contributed by atoms with Crippen molar-refractivity contribution in [3.8, 4) is 0 Å². The summed E-state index contributed by atoms with van der Waals surface area (Å²) in [6.45, 7) is 5.22. The Balaban J connectivity index is 1.26. The maximum absolute atomic E-state index is 13.0. The van der Waals surface area contributed by atoms with Crippen molar-refractivity contribution < 1.29 is 9.59 Å². The summed E-state index contributed by atoms with van der Waals surface area (Å²) in [6.07, 6.45) is 5.60. The molecular weight excluding hydrogens is 484 g/mol. The highest BCUT2D eigenvalue weighted by Crippen LogP contribution is 2.33. The van der Waals surface area contributed by atoms with E-state index in [1.807, 2.05) is 37.3 Å². The molecule has 1 unspecified atom stereocenters. The minimum atomic E-state index is -0.216. The number of halogens is 1. The number of nitrogens with zero attached hydrogens (tertiary/aromatic N) is 1. The first-order chi connectivity index (χ1) is 18.0. The zero-order valence-corrected chi connectivity index (χ0v) is 21.6. The molecule has 0 bridgehead atoms. The Morgan fingerprint density at radius 2 is 1.84 bits per heavy atom. The third-order valence-electron chi connectivity index (χ3n) is 6.95. The standard InChI is InChI=1S/C30H31ClN4O2/c1-20(22-6-5-7-24(31)16-22)33-29(36)23-10-13-28-26(17-23)27(30(37)34-28)18-32-25-11-8-21(9-12-25)19-35-14-3-2-4-15-35/h5-13,16-18,20,32H,2-4,14-15,19H2,1H3,(H,33,36)(H,34,37)/b27-18-. The second-order valence-corrected chi connectivity index (χ2v) is 10.1. The van der Waals surface area contributed by atoms with Crippen LogP contribution in [0.5, 0.6) is 0 Å². The van der Waals surface area contributed by atoms with Gasteiger partial charge in [0, 0.05) is 40.3 Å². The quantitative estimate of drug-likeness (QED) is 0.327. The molecule has 3 aromatic rings. The highest BCUT2D eigenvalue weighted by Gasteiger charge is 2.25. The predicted octanol–water partition coefficient (Wildman–Crippen LogP) is 6.22. The third kappa shape index (κ3) is 6.04. The van der Waals surface area contributed by atoms with Crippen LogP contribution in [-0.2, 0) is 11.3 Å². The predicted molar refractivity (Wildman–Crippen MR) is 150 cm³/mol. The monoisotopic (exact) mass is 514 g/mol. The third-order valence-corrected chi connectivity index (χ3v) is 7.19. The van der Waals surface area contributed by atoms with E-state index in [0.29, 0.717) is 27.4 Å². The van der Waals surface area contributed by atoms with Crippen LogP contribution in [0.4, 0.5) is 11.4 Å². The van der Waals surface area contributed by atoms with E-state index in [1.54, 1.807) is 30.5 Å². The van der Waals surface area contributed by atoms with Crippen molar-refractivity contribution in [3.63, 3.8) is 0 Å². The van der Waals surface area contributed by atoms with Gasteiger partial charge in [-0.25, -0.2) is 0 Å². The first-order valence-corrected chi connectivity index (χ1v) is 13.1. The highest BCUT2D eigenvalue weighted by molar-refractivity contribution is 6.32. The van der Waals surface area contributed by atoms with Gasteiger partial charge in [0.05, 0.1) is 11.6 Å². The fourth-order valence-electron chi connectivity index (χ4n) is 4.85. The van der Waals surface area contributed by atoms with E-state index in [4.69, 9.17) is 11.6 Å². The molecule has 6 nitrogen and oxygen atoms in total. The number of amides is 2. The van der Waals surface area contributed by atoms with Gasteiger partial charge in [0.15, 0.2) is 0 Å². The smallest absolute Gasteiger partial charge is 0.257 e. The number of fused-ring (bicyclic) bond motifs is 1. The number of hydrogen-bond acceptors (Lipinski definition) is 4. The molecule has 0 saturated carbocycles. The maximum Gasteiger partial charge on any atom is 0.257 e. The molecule has 1 fully saturated rings. The highest BCUT2D eigenvalue weighted by atomic mass is 35.5. The number of piperidine rings is 1. The molecule has 2 heterocycles. The Morgan fingerprint density at radius 3 is 2.59 bits per heavy atom. The molecule has 3 aromatic carbocycles. The van der Waals surface area contributed by atoms with Crippen molar-refractivity contribution in [1.29, 1.82) is 0 Å². The van der Waals surface area contributed by atoms with E-state index in [2.05, 4.69) is 33.0 Å². The minimum absolute atomic E-state index is 0.200. The fourth-order valence-corrected chi connectivity index (χ4v) is 5.05. The normalized spacial score (nSPS) is 17.2. The van der Waals surface area contributed by atoms with Crippen LogP contribution in [0.15, 0.2) is 72.9 Å². The van der Waals surface area contributed by atoms with Gasteiger partial charge in [-0.15, -0.1) is 0 Å². The average molecular weight is 515 g/mol. The van der Waals surface area contributed by atoms with Crippen molar-refractivity contribution in [2.75, 3.05) is 23.7 Å². The summed E-state index contributed by atoms with van der Waals surface area (Å²) >= 11 is 6.09. The minimum Gasteiger partial charge on any atom is -0.361 e. The lowest BCUT2D eigenvalue weighted by molar-refractivity contribution is -0.110. The number of rotatable bonds is 7. The Kier molecular flexibility index (Phi) is 7.58. The molecule has 37 heavy (non-hydrogen) atoms. The van der Waals surface area contributed by atoms with E-state index >= 15 is 0 Å². The van der Waals surface area contributed by atoms with Crippen LogP contribution in [0.25, 0.3) is 5.57 Å². The van der Waals surface area contributed by atoms with Crippen LogP contribution in [0.3, 0.4) is 0 Å². The lowest BCUT2D eigenvalue weighted by Gasteiger charge is -2.26. The van der Waals surface area contributed by atoms with Gasteiger partial charge < -0.3 is 16.0 Å². The van der Waals surface area contributed by atoms with Crippen LogP contribution in [-0.4, -0.2) is 29.8 Å². The van der Waals surface area contributed by atoms with Crippen LogP contribution in [0, 0.1) is 0 Å². The van der Waals surface area contributed by atoms with Gasteiger partial charge in [-0.1, -0.05) is 42.3 Å². The van der Waals surface area contributed by atoms with Crippen molar-refractivity contribution >= 4 is 40.4 Å². The lowest BCUT2D eigenvalue weighted by Crippen LogP contribution is -2.29. The van der Waals surface area contributed by atoms with E-state index in [1.165, 1.54) is 37.9 Å². The molecule has 0 aromatic heterocycles. The van der Waals surface area contributed by atoms with E-state index < -0.39 is 0 Å². The summed E-state index contributed by atoms with van der Waals surface area (Å²) in [7, 11) is 0. The summed E-state index contributed by atoms with van der Waals surface area (Å²) in [6, 6.07) is 20.8. The molecule has 1 atom stereocenters. The topological polar surface area (TPSA) is 73.5 Å². The number of carbonyl (C=O) groups excluding carboxylic acids is 2. The largest absolute Gasteiger partial charge is 0.361 e. The van der Waals surface area contributed by atoms with Crippen molar-refractivity contribution in [2.24, 2.45) is 0 Å². The molecular formula is C30H31ClN4O2. The molecule has 5 rings (SSSR count). The average Bonchev–Trinajstić information content (AvgIpc) is 3.22. The maximum atomic E-state index is 13.0. The zero-order valence-electron chi connectivity index (χ0n) is 20.9. The van der Waals surface area contributed by atoms with Crippen LogP contribution in [0.2, 0.25) is 5.02 Å². The second-order valence-electron chi connectivity index (χ2n) is 9.70. The molecule has 7 heteroatoms. The van der Waals surface area contributed by atoms with Gasteiger partial charge in [-0.3, -0.25) is 14.5 Å². The molecule has 1 saturated heterocycles. The second kappa shape index (κ2) is 11.2. The molecule has 190 valence electrons. The van der Waals surface area contributed by atoms with Gasteiger partial charge in [0.1, 0.15) is 0 Å². The number of likely N-dealkylation sites (tertiary alicyclic amines) is 1. The van der Waals surface area contributed by atoms with Gasteiger partial charge >= 0.3 is 0 Å². The number of carbonyl (C=O) groups is 2. The van der Waals surface area contributed by atoms with Crippen LogP contribution < -0.4 is 16.0 Å². The first-order valence-electron chi connectivity index (χ1n) is 12.8. The summed E-state index contributed by atoms with van der Waals surface area (Å²) in [5.41, 5.74) is 5.47. The number of hydrogen-bond donors (Lipinski definition) is 3. The Hall–Kier alpha value is -3.61. The number of nitrogens with one attached hydrogen (secondary N) is 3. The molecule has 3 N–H and O–H groups in total.